The molecule has 0 aliphatic rings. The fraction of sp³-hybridized carbons (Fsp3) is 0.182. The summed E-state index contributed by atoms with van der Waals surface area (Å²) in [4.78, 5) is 17.1. The van der Waals surface area contributed by atoms with Gasteiger partial charge in [-0.25, -0.2) is 13.4 Å². The van der Waals surface area contributed by atoms with Gasteiger partial charge in [-0.05, 0) is 55.0 Å². The normalized spacial score (nSPS) is 12.8. The quantitative estimate of drug-likeness (QED) is 0.551. The number of carbonyl (C=O) groups excluding carboxylic acids is 1. The number of anilines is 2. The van der Waals surface area contributed by atoms with E-state index in [-0.39, 0.29) is 22.0 Å². The lowest BCUT2D eigenvalue weighted by Gasteiger charge is -2.17. The summed E-state index contributed by atoms with van der Waals surface area (Å²) in [5.41, 5.74) is 0.138. The van der Waals surface area contributed by atoms with E-state index in [4.69, 9.17) is 0 Å². The molecule has 0 saturated carbocycles. The number of halogens is 3. The van der Waals surface area contributed by atoms with Crippen LogP contribution >= 0.6 is 0 Å². The molecule has 10 heteroatoms. The molecule has 2 aromatic carbocycles. The van der Waals surface area contributed by atoms with Crippen LogP contribution in [0.15, 0.2) is 71.8 Å². The van der Waals surface area contributed by atoms with Crippen LogP contribution in [-0.2, 0) is 16.0 Å². The van der Waals surface area contributed by atoms with Gasteiger partial charge in [-0.1, -0.05) is 18.2 Å². The van der Waals surface area contributed by atoms with Crippen LogP contribution in [0, 0.1) is 0 Å². The first-order valence-corrected chi connectivity index (χ1v) is 11.3. The molecule has 0 aliphatic carbocycles. The Balaban J connectivity index is 1.78. The maximum Gasteiger partial charge on any atom is 0.416 e. The maximum absolute atomic E-state index is 13.0. The van der Waals surface area contributed by atoms with Crippen molar-refractivity contribution >= 4 is 27.2 Å². The van der Waals surface area contributed by atoms with Crippen molar-refractivity contribution in [1.29, 1.82) is 0 Å². The molecule has 32 heavy (non-hydrogen) atoms. The molecular weight excluding hydrogens is 443 g/mol. The minimum atomic E-state index is -4.50. The van der Waals surface area contributed by atoms with Crippen LogP contribution in [0.3, 0.4) is 0 Å². The highest BCUT2D eigenvalue weighted by Gasteiger charge is 2.30. The summed E-state index contributed by atoms with van der Waals surface area (Å²) in [6, 6.07) is 13.3. The molecule has 0 radical (unpaired) electrons. The average Bonchev–Trinajstić information content (AvgIpc) is 2.73. The summed E-state index contributed by atoms with van der Waals surface area (Å²) < 4.78 is 62.1. The second-order valence-corrected chi connectivity index (χ2v) is 9.16. The van der Waals surface area contributed by atoms with E-state index in [2.05, 4.69) is 15.6 Å². The van der Waals surface area contributed by atoms with E-state index in [0.717, 1.165) is 18.4 Å². The molecule has 0 bridgehead atoms. The lowest BCUT2D eigenvalue weighted by molar-refractivity contribution is -0.137. The van der Waals surface area contributed by atoms with Crippen molar-refractivity contribution in [3.05, 3.63) is 83.6 Å². The number of sulfone groups is 1. The Labute approximate surface area is 183 Å². The fourth-order valence-electron chi connectivity index (χ4n) is 2.96. The molecular formula is C22H20F3N3O3S. The molecule has 3 aromatic rings. The van der Waals surface area contributed by atoms with Gasteiger partial charge in [-0.15, -0.1) is 0 Å². The van der Waals surface area contributed by atoms with Crippen LogP contribution in [0.4, 0.5) is 24.7 Å². The number of nitrogens with one attached hydrogen (secondary N) is 2. The Morgan fingerprint density at radius 2 is 1.72 bits per heavy atom. The summed E-state index contributed by atoms with van der Waals surface area (Å²) in [7, 11) is -3.33. The topological polar surface area (TPSA) is 88.2 Å². The number of amides is 1. The molecule has 1 heterocycles. The number of nitrogens with zero attached hydrogens (tertiary/aromatic N) is 1. The molecule has 2 N–H and O–H groups in total. The van der Waals surface area contributed by atoms with E-state index < -0.39 is 33.5 Å². The number of alkyl halides is 3. The zero-order chi connectivity index (χ0) is 23.5. The highest BCUT2D eigenvalue weighted by atomic mass is 32.2. The van der Waals surface area contributed by atoms with Gasteiger partial charge in [0.25, 0.3) is 5.91 Å². The molecule has 0 fully saturated rings. The molecule has 1 amide bonds. The Kier molecular flexibility index (Phi) is 6.54. The number of hydrogen-bond acceptors (Lipinski definition) is 5. The largest absolute Gasteiger partial charge is 0.416 e. The van der Waals surface area contributed by atoms with Crippen molar-refractivity contribution in [2.24, 2.45) is 0 Å². The van der Waals surface area contributed by atoms with Crippen molar-refractivity contribution < 1.29 is 26.4 Å². The van der Waals surface area contributed by atoms with E-state index in [9.17, 15) is 26.4 Å². The molecule has 0 spiro atoms. The molecule has 0 saturated heterocycles. The Bertz CT molecular complexity index is 1230. The van der Waals surface area contributed by atoms with Crippen LogP contribution in [-0.4, -0.2) is 25.6 Å². The predicted octanol–water partition coefficient (Wildman–Crippen LogP) is 4.74. The third-order valence-electron chi connectivity index (χ3n) is 4.66. The Morgan fingerprint density at radius 3 is 2.34 bits per heavy atom. The van der Waals surface area contributed by atoms with Crippen LogP contribution in [0.1, 0.15) is 34.5 Å². The summed E-state index contributed by atoms with van der Waals surface area (Å²) in [6.07, 6.45) is -1.97. The second kappa shape index (κ2) is 8.99. The van der Waals surface area contributed by atoms with Gasteiger partial charge >= 0.3 is 6.18 Å². The van der Waals surface area contributed by atoms with Gasteiger partial charge < -0.3 is 10.6 Å². The van der Waals surface area contributed by atoms with E-state index >= 15 is 0 Å². The standard InChI is InChI=1S/C22H20F3N3O3S/c1-14(15-8-10-18(11-9-15)32(2,30)31)27-21(29)19-7-4-12-26-20(19)28-17-6-3-5-16(13-17)22(23,24)25/h3-14H,1-2H3,(H,26,28)(H,27,29)/t14-/m1/s1. The number of rotatable bonds is 6. The van der Waals surface area contributed by atoms with Crippen molar-refractivity contribution in [2.75, 3.05) is 11.6 Å². The molecule has 168 valence electrons. The van der Waals surface area contributed by atoms with Gasteiger partial charge in [0.1, 0.15) is 5.82 Å². The first kappa shape index (κ1) is 23.3. The van der Waals surface area contributed by atoms with Crippen LogP contribution in [0.5, 0.6) is 0 Å². The van der Waals surface area contributed by atoms with Crippen LogP contribution in [0.25, 0.3) is 0 Å². The SMILES string of the molecule is C[C@@H](NC(=O)c1cccnc1Nc1cccc(C(F)(F)F)c1)c1ccc(S(C)(=O)=O)cc1. The molecule has 0 aliphatic heterocycles. The van der Waals surface area contributed by atoms with Crippen molar-refractivity contribution in [3.63, 3.8) is 0 Å². The predicted molar refractivity (Wildman–Crippen MR) is 114 cm³/mol. The van der Waals surface area contributed by atoms with E-state index in [1.807, 2.05) is 0 Å². The van der Waals surface area contributed by atoms with Crippen LogP contribution < -0.4 is 10.6 Å². The lowest BCUT2D eigenvalue weighted by Crippen LogP contribution is -2.27. The molecule has 1 aromatic heterocycles. The van der Waals surface area contributed by atoms with Gasteiger partial charge in [0.15, 0.2) is 9.84 Å². The molecule has 3 rings (SSSR count). The first-order chi connectivity index (χ1) is 14.9. The van der Waals surface area contributed by atoms with Crippen LogP contribution in [0.2, 0.25) is 0 Å². The Hall–Kier alpha value is -3.40. The summed E-state index contributed by atoms with van der Waals surface area (Å²) >= 11 is 0. The third-order valence-corrected chi connectivity index (χ3v) is 5.79. The monoisotopic (exact) mass is 463 g/mol. The maximum atomic E-state index is 13.0. The van der Waals surface area contributed by atoms with E-state index in [0.29, 0.717) is 5.56 Å². The number of pyridine rings is 1. The summed E-state index contributed by atoms with van der Waals surface area (Å²) in [5.74, 6) is -0.392. The van der Waals surface area contributed by atoms with Crippen molar-refractivity contribution in [3.8, 4) is 0 Å². The molecule has 0 unspecified atom stereocenters. The highest BCUT2D eigenvalue weighted by molar-refractivity contribution is 7.90. The van der Waals surface area contributed by atoms with Gasteiger partial charge in [0.05, 0.1) is 22.1 Å². The van der Waals surface area contributed by atoms with Gasteiger partial charge in [0.2, 0.25) is 0 Å². The average molecular weight is 463 g/mol. The third kappa shape index (κ3) is 5.64. The summed E-state index contributed by atoms with van der Waals surface area (Å²) in [5, 5.41) is 5.55. The smallest absolute Gasteiger partial charge is 0.345 e. The summed E-state index contributed by atoms with van der Waals surface area (Å²) in [6.45, 7) is 1.73. The molecule has 6 nitrogen and oxygen atoms in total. The number of aromatic nitrogens is 1. The van der Waals surface area contributed by atoms with Gasteiger partial charge in [-0.3, -0.25) is 4.79 Å². The lowest BCUT2D eigenvalue weighted by atomic mass is 10.1. The highest BCUT2D eigenvalue weighted by Crippen LogP contribution is 2.31. The van der Waals surface area contributed by atoms with Crippen molar-refractivity contribution in [1.82, 2.24) is 10.3 Å². The Morgan fingerprint density at radius 1 is 1.03 bits per heavy atom. The van der Waals surface area contributed by atoms with Gasteiger partial charge in [0, 0.05) is 18.1 Å². The number of benzene rings is 2. The van der Waals surface area contributed by atoms with Crippen molar-refractivity contribution in [2.45, 2.75) is 24.0 Å². The van der Waals surface area contributed by atoms with E-state index in [1.54, 1.807) is 19.1 Å². The fourth-order valence-corrected chi connectivity index (χ4v) is 3.59. The van der Waals surface area contributed by atoms with E-state index in [1.165, 1.54) is 42.6 Å². The minimum Gasteiger partial charge on any atom is -0.345 e. The number of hydrogen-bond donors (Lipinski definition) is 2. The van der Waals surface area contributed by atoms with Gasteiger partial charge in [-0.2, -0.15) is 13.2 Å². The zero-order valence-electron chi connectivity index (χ0n) is 17.1. The molecule has 1 atom stereocenters. The second-order valence-electron chi connectivity index (χ2n) is 7.14. The minimum absolute atomic E-state index is 0.101. The first-order valence-electron chi connectivity index (χ1n) is 9.45. The number of carbonyl (C=O) groups is 1. The zero-order valence-corrected chi connectivity index (χ0v) is 18.0.